The number of likely N-dealkylation sites (N-methyl/N-ethyl adjacent to an activating group) is 1. The highest BCUT2D eigenvalue weighted by atomic mass is 16.1. The van der Waals surface area contributed by atoms with Gasteiger partial charge in [0.05, 0.1) is 23.7 Å². The lowest BCUT2D eigenvalue weighted by atomic mass is 9.96. The average molecular weight is 263 g/mol. The van der Waals surface area contributed by atoms with Crippen LogP contribution in [0.15, 0.2) is 12.3 Å². The van der Waals surface area contributed by atoms with Gasteiger partial charge in [0.15, 0.2) is 5.78 Å². The van der Waals surface area contributed by atoms with Crippen LogP contribution in [0.2, 0.25) is 0 Å². The topological polar surface area (TPSA) is 46.9 Å². The van der Waals surface area contributed by atoms with Crippen LogP contribution in [-0.4, -0.2) is 28.2 Å². The normalized spacial score (nSPS) is 17.6. The third-order valence-corrected chi connectivity index (χ3v) is 4.28. The first kappa shape index (κ1) is 14.3. The first-order valence-corrected chi connectivity index (χ1v) is 7.29. The zero-order valence-corrected chi connectivity index (χ0v) is 12.3. The first-order valence-electron chi connectivity index (χ1n) is 7.29. The van der Waals surface area contributed by atoms with Crippen molar-refractivity contribution in [1.29, 1.82) is 0 Å². The molecule has 106 valence electrons. The fourth-order valence-electron chi connectivity index (χ4n) is 2.55. The quantitative estimate of drug-likeness (QED) is 0.888. The zero-order chi connectivity index (χ0) is 13.9. The van der Waals surface area contributed by atoms with E-state index in [1.54, 1.807) is 0 Å². The fraction of sp³-hybridized carbons (Fsp3) is 0.733. The third-order valence-electron chi connectivity index (χ3n) is 4.28. The van der Waals surface area contributed by atoms with Crippen molar-refractivity contribution in [3.05, 3.63) is 18.0 Å². The van der Waals surface area contributed by atoms with Crippen LogP contribution >= 0.6 is 0 Å². The molecule has 4 nitrogen and oxygen atoms in total. The SMILES string of the molecule is CNC(C)(C)C(=O)Cc1ccn(C2CCCCC2)n1. The van der Waals surface area contributed by atoms with E-state index < -0.39 is 5.54 Å². The number of hydrogen-bond acceptors (Lipinski definition) is 3. The van der Waals surface area contributed by atoms with E-state index in [0.29, 0.717) is 12.5 Å². The van der Waals surface area contributed by atoms with Gasteiger partial charge in [-0.1, -0.05) is 19.3 Å². The van der Waals surface area contributed by atoms with Crippen LogP contribution < -0.4 is 5.32 Å². The Morgan fingerprint density at radius 3 is 2.74 bits per heavy atom. The van der Waals surface area contributed by atoms with Crippen molar-refractivity contribution in [3.8, 4) is 0 Å². The number of hydrogen-bond donors (Lipinski definition) is 1. The standard InChI is InChI=1S/C15H25N3O/c1-15(2,16-3)14(19)11-12-9-10-18(17-12)13-7-5-4-6-8-13/h9-10,13,16H,4-8,11H2,1-3H3. The molecule has 0 bridgehead atoms. The fourth-order valence-corrected chi connectivity index (χ4v) is 2.55. The lowest BCUT2D eigenvalue weighted by Crippen LogP contribution is -2.45. The number of ketones is 1. The highest BCUT2D eigenvalue weighted by Crippen LogP contribution is 2.27. The molecule has 2 rings (SSSR count). The average Bonchev–Trinajstić information content (AvgIpc) is 2.88. The van der Waals surface area contributed by atoms with Gasteiger partial charge in [0, 0.05) is 6.20 Å². The minimum atomic E-state index is -0.478. The van der Waals surface area contributed by atoms with E-state index >= 15 is 0 Å². The van der Waals surface area contributed by atoms with Gasteiger partial charge in [-0.25, -0.2) is 0 Å². The van der Waals surface area contributed by atoms with Gasteiger partial charge in [0.25, 0.3) is 0 Å². The summed E-state index contributed by atoms with van der Waals surface area (Å²) in [6.45, 7) is 3.82. The molecular weight excluding hydrogens is 238 g/mol. The predicted molar refractivity (Wildman–Crippen MR) is 76.2 cm³/mol. The summed E-state index contributed by atoms with van der Waals surface area (Å²) < 4.78 is 2.06. The molecule has 1 saturated carbocycles. The van der Waals surface area contributed by atoms with Crippen molar-refractivity contribution in [2.45, 2.75) is 64.0 Å². The first-order chi connectivity index (χ1) is 9.03. The van der Waals surface area contributed by atoms with E-state index in [9.17, 15) is 4.79 Å². The molecule has 19 heavy (non-hydrogen) atoms. The van der Waals surface area contributed by atoms with Crippen LogP contribution in [0.3, 0.4) is 0 Å². The van der Waals surface area contributed by atoms with Crippen LogP contribution in [-0.2, 0) is 11.2 Å². The Hall–Kier alpha value is -1.16. The van der Waals surface area contributed by atoms with Crippen molar-refractivity contribution in [3.63, 3.8) is 0 Å². The molecule has 1 aromatic heterocycles. The van der Waals surface area contributed by atoms with Gasteiger partial charge >= 0.3 is 0 Å². The minimum Gasteiger partial charge on any atom is -0.308 e. The number of rotatable bonds is 5. The van der Waals surface area contributed by atoms with Crippen molar-refractivity contribution in [2.24, 2.45) is 0 Å². The van der Waals surface area contributed by atoms with Gasteiger partial charge in [-0.05, 0) is 39.8 Å². The van der Waals surface area contributed by atoms with Gasteiger partial charge < -0.3 is 5.32 Å². The van der Waals surface area contributed by atoms with Crippen molar-refractivity contribution >= 4 is 5.78 Å². The molecule has 4 heteroatoms. The Bertz CT molecular complexity index is 430. The van der Waals surface area contributed by atoms with Gasteiger partial charge in [-0.2, -0.15) is 5.10 Å². The second-order valence-electron chi connectivity index (χ2n) is 6.05. The summed E-state index contributed by atoms with van der Waals surface area (Å²) in [6, 6.07) is 2.52. The molecule has 0 atom stereocenters. The van der Waals surface area contributed by atoms with Gasteiger partial charge in [0.1, 0.15) is 0 Å². The maximum Gasteiger partial charge on any atom is 0.158 e. The molecule has 0 aliphatic heterocycles. The van der Waals surface area contributed by atoms with Crippen LogP contribution in [0.5, 0.6) is 0 Å². The summed E-state index contributed by atoms with van der Waals surface area (Å²) >= 11 is 0. The number of nitrogens with one attached hydrogen (secondary N) is 1. The van der Waals surface area contributed by atoms with Crippen molar-refractivity contribution in [2.75, 3.05) is 7.05 Å². The summed E-state index contributed by atoms with van der Waals surface area (Å²) in [6.07, 6.45) is 8.82. The second-order valence-corrected chi connectivity index (χ2v) is 6.05. The molecule has 0 unspecified atom stereocenters. The van der Waals surface area contributed by atoms with Crippen LogP contribution in [0, 0.1) is 0 Å². The lowest BCUT2D eigenvalue weighted by Gasteiger charge is -2.22. The summed E-state index contributed by atoms with van der Waals surface area (Å²) in [5.74, 6) is 0.184. The monoisotopic (exact) mass is 263 g/mol. The minimum absolute atomic E-state index is 0.184. The van der Waals surface area contributed by atoms with E-state index in [1.807, 2.05) is 33.2 Å². The number of carbonyl (C=O) groups excluding carboxylic acids is 1. The van der Waals surface area contributed by atoms with E-state index in [0.717, 1.165) is 5.69 Å². The molecule has 0 radical (unpaired) electrons. The van der Waals surface area contributed by atoms with Crippen molar-refractivity contribution in [1.82, 2.24) is 15.1 Å². The summed E-state index contributed by atoms with van der Waals surface area (Å²) in [5.41, 5.74) is 0.410. The van der Waals surface area contributed by atoms with E-state index in [1.165, 1.54) is 32.1 Å². The highest BCUT2D eigenvalue weighted by molar-refractivity contribution is 5.89. The third kappa shape index (κ3) is 3.44. The lowest BCUT2D eigenvalue weighted by molar-refractivity contribution is -0.123. The molecule has 1 aromatic rings. The number of aromatic nitrogens is 2. The summed E-state index contributed by atoms with van der Waals surface area (Å²) in [5, 5.41) is 7.64. The highest BCUT2D eigenvalue weighted by Gasteiger charge is 2.26. The van der Waals surface area contributed by atoms with Crippen LogP contribution in [0.25, 0.3) is 0 Å². The Balaban J connectivity index is 1.99. The van der Waals surface area contributed by atoms with E-state index in [2.05, 4.69) is 15.1 Å². The number of carbonyl (C=O) groups is 1. The summed E-state index contributed by atoms with van der Waals surface area (Å²) in [4.78, 5) is 12.1. The van der Waals surface area contributed by atoms with Gasteiger partial charge in [-0.15, -0.1) is 0 Å². The second kappa shape index (κ2) is 5.87. The maximum absolute atomic E-state index is 12.1. The summed E-state index contributed by atoms with van der Waals surface area (Å²) in [7, 11) is 1.82. The molecule has 1 N–H and O–H groups in total. The molecule has 0 saturated heterocycles. The zero-order valence-electron chi connectivity index (χ0n) is 12.3. The molecular formula is C15H25N3O. The van der Waals surface area contributed by atoms with Gasteiger partial charge in [-0.3, -0.25) is 9.48 Å². The Kier molecular flexibility index (Phi) is 4.40. The predicted octanol–water partition coefficient (Wildman–Crippen LogP) is 2.50. The maximum atomic E-state index is 12.1. The van der Waals surface area contributed by atoms with Crippen LogP contribution in [0.1, 0.15) is 57.7 Å². The van der Waals surface area contributed by atoms with Crippen LogP contribution in [0.4, 0.5) is 0 Å². The Labute approximate surface area is 115 Å². The molecule has 1 aliphatic carbocycles. The Morgan fingerprint density at radius 2 is 2.11 bits per heavy atom. The van der Waals surface area contributed by atoms with E-state index in [-0.39, 0.29) is 5.78 Å². The molecule has 1 aliphatic rings. The largest absolute Gasteiger partial charge is 0.308 e. The van der Waals surface area contributed by atoms with Gasteiger partial charge in [0.2, 0.25) is 0 Å². The Morgan fingerprint density at radius 1 is 1.42 bits per heavy atom. The number of Topliss-reactive ketones (excluding diaryl/α,β-unsaturated/α-hetero) is 1. The molecule has 0 amide bonds. The molecule has 1 fully saturated rings. The van der Waals surface area contributed by atoms with E-state index in [4.69, 9.17) is 0 Å². The molecule has 0 spiro atoms. The van der Waals surface area contributed by atoms with Crippen molar-refractivity contribution < 1.29 is 4.79 Å². The molecule has 0 aromatic carbocycles. The molecule has 1 heterocycles. The number of nitrogens with zero attached hydrogens (tertiary/aromatic N) is 2. The smallest absolute Gasteiger partial charge is 0.158 e.